The van der Waals surface area contributed by atoms with Crippen LogP contribution in [0.5, 0.6) is 0 Å². The van der Waals surface area contributed by atoms with Crippen molar-refractivity contribution in [3.63, 3.8) is 0 Å². The van der Waals surface area contributed by atoms with E-state index in [9.17, 15) is 4.79 Å². The molecule has 0 aliphatic heterocycles. The summed E-state index contributed by atoms with van der Waals surface area (Å²) in [5, 5.41) is 3.03. The van der Waals surface area contributed by atoms with Gasteiger partial charge in [0.05, 0.1) is 6.42 Å². The van der Waals surface area contributed by atoms with Crippen molar-refractivity contribution >= 4 is 5.91 Å². The molecule has 19 heavy (non-hydrogen) atoms. The minimum absolute atomic E-state index is 0.0439. The molecule has 1 aromatic carbocycles. The Kier molecular flexibility index (Phi) is 6.03. The lowest BCUT2D eigenvalue weighted by Gasteiger charge is -2.30. The van der Waals surface area contributed by atoms with Crippen LogP contribution >= 0.6 is 0 Å². The summed E-state index contributed by atoms with van der Waals surface area (Å²) in [5.41, 5.74) is 8.12. The molecule has 3 heteroatoms. The van der Waals surface area contributed by atoms with Crippen LogP contribution in [-0.4, -0.2) is 19.0 Å². The van der Waals surface area contributed by atoms with Crippen molar-refractivity contribution in [1.29, 1.82) is 0 Å². The summed E-state index contributed by atoms with van der Waals surface area (Å²) >= 11 is 0. The van der Waals surface area contributed by atoms with E-state index in [0.717, 1.165) is 18.4 Å². The van der Waals surface area contributed by atoms with Crippen molar-refractivity contribution in [2.24, 2.45) is 11.1 Å². The third-order valence-electron chi connectivity index (χ3n) is 4.04. The fraction of sp³-hybridized carbons (Fsp3) is 0.562. The highest BCUT2D eigenvalue weighted by Crippen LogP contribution is 2.23. The first-order valence-corrected chi connectivity index (χ1v) is 7.07. The molecule has 0 bridgehead atoms. The summed E-state index contributed by atoms with van der Waals surface area (Å²) in [7, 11) is 0. The molecule has 1 rings (SSSR count). The van der Waals surface area contributed by atoms with Gasteiger partial charge < -0.3 is 11.1 Å². The van der Waals surface area contributed by atoms with Crippen molar-refractivity contribution in [3.05, 3.63) is 35.4 Å². The first kappa shape index (κ1) is 15.7. The number of aryl methyl sites for hydroxylation is 1. The van der Waals surface area contributed by atoms with E-state index in [-0.39, 0.29) is 11.3 Å². The Balaban J connectivity index is 2.52. The number of benzene rings is 1. The zero-order valence-electron chi connectivity index (χ0n) is 12.3. The van der Waals surface area contributed by atoms with Crippen LogP contribution < -0.4 is 11.1 Å². The normalized spacial score (nSPS) is 11.4. The van der Waals surface area contributed by atoms with Gasteiger partial charge in [-0.1, -0.05) is 43.7 Å². The first-order chi connectivity index (χ1) is 9.05. The minimum Gasteiger partial charge on any atom is -0.355 e. The zero-order valence-corrected chi connectivity index (χ0v) is 12.3. The Morgan fingerprint density at radius 3 is 2.53 bits per heavy atom. The molecule has 0 radical (unpaired) electrons. The number of amides is 1. The SMILES string of the molecule is CCC(CC)(CN)CNC(=O)Cc1cccc(C)c1. The lowest BCUT2D eigenvalue weighted by molar-refractivity contribution is -0.120. The summed E-state index contributed by atoms with van der Waals surface area (Å²) in [6, 6.07) is 8.06. The van der Waals surface area contributed by atoms with Gasteiger partial charge in [-0.05, 0) is 37.3 Å². The van der Waals surface area contributed by atoms with Crippen LogP contribution in [0, 0.1) is 12.3 Å². The fourth-order valence-corrected chi connectivity index (χ4v) is 2.22. The molecule has 0 unspecified atom stereocenters. The molecule has 3 N–H and O–H groups in total. The van der Waals surface area contributed by atoms with Gasteiger partial charge in [0.25, 0.3) is 0 Å². The monoisotopic (exact) mass is 262 g/mol. The Labute approximate surface area is 116 Å². The lowest BCUT2D eigenvalue weighted by Crippen LogP contribution is -2.42. The molecule has 0 spiro atoms. The Bertz CT molecular complexity index is 403. The van der Waals surface area contributed by atoms with Crippen molar-refractivity contribution in [3.8, 4) is 0 Å². The summed E-state index contributed by atoms with van der Waals surface area (Å²) in [6.45, 7) is 7.58. The standard InChI is InChI=1S/C16H26N2O/c1-4-16(5-2,11-17)12-18-15(19)10-14-8-6-7-13(3)9-14/h6-9H,4-5,10-12,17H2,1-3H3,(H,18,19). The molecule has 0 aliphatic carbocycles. The highest BCUT2D eigenvalue weighted by Gasteiger charge is 2.24. The predicted molar refractivity (Wildman–Crippen MR) is 80.0 cm³/mol. The highest BCUT2D eigenvalue weighted by atomic mass is 16.1. The molecule has 0 heterocycles. The van der Waals surface area contributed by atoms with E-state index in [2.05, 4.69) is 25.2 Å². The highest BCUT2D eigenvalue weighted by molar-refractivity contribution is 5.78. The van der Waals surface area contributed by atoms with E-state index in [1.165, 1.54) is 5.56 Å². The Morgan fingerprint density at radius 1 is 1.32 bits per heavy atom. The number of hydrogen-bond donors (Lipinski definition) is 2. The maximum atomic E-state index is 12.0. The third-order valence-corrected chi connectivity index (χ3v) is 4.04. The molecule has 3 nitrogen and oxygen atoms in total. The fourth-order valence-electron chi connectivity index (χ4n) is 2.22. The average molecular weight is 262 g/mol. The average Bonchev–Trinajstić information content (AvgIpc) is 2.41. The van der Waals surface area contributed by atoms with Crippen molar-refractivity contribution in [2.45, 2.75) is 40.0 Å². The van der Waals surface area contributed by atoms with Crippen LogP contribution in [0.4, 0.5) is 0 Å². The maximum Gasteiger partial charge on any atom is 0.224 e. The molecule has 106 valence electrons. The predicted octanol–water partition coefficient (Wildman–Crippen LogP) is 2.42. The van der Waals surface area contributed by atoms with Gasteiger partial charge in [0, 0.05) is 6.54 Å². The molecular weight excluding hydrogens is 236 g/mol. The maximum absolute atomic E-state index is 12.0. The molecule has 0 aliphatic rings. The van der Waals surface area contributed by atoms with Gasteiger partial charge >= 0.3 is 0 Å². The molecular formula is C16H26N2O. The number of nitrogens with one attached hydrogen (secondary N) is 1. The van der Waals surface area contributed by atoms with E-state index in [0.29, 0.717) is 19.5 Å². The van der Waals surface area contributed by atoms with Crippen molar-refractivity contribution in [2.75, 3.05) is 13.1 Å². The largest absolute Gasteiger partial charge is 0.355 e. The molecule has 0 atom stereocenters. The summed E-state index contributed by atoms with van der Waals surface area (Å²) in [4.78, 5) is 12.0. The third kappa shape index (κ3) is 4.67. The van der Waals surface area contributed by atoms with Gasteiger partial charge in [0.1, 0.15) is 0 Å². The van der Waals surface area contributed by atoms with E-state index >= 15 is 0 Å². The molecule has 0 aromatic heterocycles. The summed E-state index contributed by atoms with van der Waals surface area (Å²) in [6.07, 6.45) is 2.42. The topological polar surface area (TPSA) is 55.1 Å². The number of carbonyl (C=O) groups is 1. The van der Waals surface area contributed by atoms with Crippen LogP contribution in [0.3, 0.4) is 0 Å². The molecule has 0 saturated heterocycles. The van der Waals surface area contributed by atoms with Gasteiger partial charge in [-0.25, -0.2) is 0 Å². The van der Waals surface area contributed by atoms with Gasteiger partial charge in [0.15, 0.2) is 0 Å². The zero-order chi connectivity index (χ0) is 14.3. The molecule has 0 fully saturated rings. The van der Waals surface area contributed by atoms with E-state index in [1.54, 1.807) is 0 Å². The van der Waals surface area contributed by atoms with Gasteiger partial charge in [-0.3, -0.25) is 4.79 Å². The lowest BCUT2D eigenvalue weighted by atomic mass is 9.82. The number of hydrogen-bond acceptors (Lipinski definition) is 2. The molecule has 1 amide bonds. The molecule has 1 aromatic rings. The van der Waals surface area contributed by atoms with Gasteiger partial charge in [-0.2, -0.15) is 0 Å². The van der Waals surface area contributed by atoms with Crippen LogP contribution in [0.25, 0.3) is 0 Å². The van der Waals surface area contributed by atoms with E-state index < -0.39 is 0 Å². The minimum atomic E-state index is 0.0439. The van der Waals surface area contributed by atoms with Crippen molar-refractivity contribution in [1.82, 2.24) is 5.32 Å². The van der Waals surface area contributed by atoms with Crippen LogP contribution in [-0.2, 0) is 11.2 Å². The van der Waals surface area contributed by atoms with E-state index in [4.69, 9.17) is 5.73 Å². The summed E-state index contributed by atoms with van der Waals surface area (Å²) in [5.74, 6) is 0.0744. The number of rotatable bonds is 7. The quantitative estimate of drug-likeness (QED) is 0.793. The Hall–Kier alpha value is -1.35. The number of nitrogens with two attached hydrogens (primary N) is 1. The Morgan fingerprint density at radius 2 is 2.00 bits per heavy atom. The second-order valence-corrected chi connectivity index (χ2v) is 5.35. The second kappa shape index (κ2) is 7.29. The van der Waals surface area contributed by atoms with Gasteiger partial charge in [0.2, 0.25) is 5.91 Å². The van der Waals surface area contributed by atoms with Crippen LogP contribution in [0.2, 0.25) is 0 Å². The first-order valence-electron chi connectivity index (χ1n) is 7.07. The van der Waals surface area contributed by atoms with Crippen LogP contribution in [0.1, 0.15) is 37.8 Å². The van der Waals surface area contributed by atoms with Crippen molar-refractivity contribution < 1.29 is 4.79 Å². The summed E-state index contributed by atoms with van der Waals surface area (Å²) < 4.78 is 0. The second-order valence-electron chi connectivity index (χ2n) is 5.35. The number of carbonyl (C=O) groups excluding carboxylic acids is 1. The van der Waals surface area contributed by atoms with Crippen LogP contribution in [0.15, 0.2) is 24.3 Å². The van der Waals surface area contributed by atoms with Gasteiger partial charge in [-0.15, -0.1) is 0 Å². The van der Waals surface area contributed by atoms with E-state index in [1.807, 2.05) is 25.1 Å². The molecule has 0 saturated carbocycles. The smallest absolute Gasteiger partial charge is 0.224 e.